The first-order valence-electron chi connectivity index (χ1n) is 11.9. The van der Waals surface area contributed by atoms with E-state index >= 15 is 0 Å². The molecule has 39 heavy (non-hydrogen) atoms. The third kappa shape index (κ3) is 5.58. The summed E-state index contributed by atoms with van der Waals surface area (Å²) in [5, 5.41) is 7.72. The van der Waals surface area contributed by atoms with Crippen molar-refractivity contribution in [3.8, 4) is 17.1 Å². The summed E-state index contributed by atoms with van der Waals surface area (Å²) in [4.78, 5) is 18.8. The van der Waals surface area contributed by atoms with Crippen molar-refractivity contribution in [2.24, 2.45) is 0 Å². The van der Waals surface area contributed by atoms with E-state index in [2.05, 4.69) is 15.6 Å². The Morgan fingerprint density at radius 1 is 1.13 bits per heavy atom. The normalized spacial score (nSPS) is 16.7. The average molecular weight is 583 g/mol. The fourth-order valence-electron chi connectivity index (χ4n) is 4.53. The molecule has 5 rings (SSSR count). The van der Waals surface area contributed by atoms with Crippen LogP contribution in [0.15, 0.2) is 77.3 Å². The molecular weight excluding hydrogens is 559 g/mol. The van der Waals surface area contributed by atoms with Crippen LogP contribution in [-0.4, -0.2) is 36.8 Å². The first kappa shape index (κ1) is 27.0. The summed E-state index contributed by atoms with van der Waals surface area (Å²) in [5.74, 6) is 1.41. The number of ether oxygens (including phenoxy) is 2. The van der Waals surface area contributed by atoms with E-state index in [9.17, 15) is 4.79 Å². The van der Waals surface area contributed by atoms with Gasteiger partial charge in [0.1, 0.15) is 29.9 Å². The summed E-state index contributed by atoms with van der Waals surface area (Å²) in [6.45, 7) is -0.0934. The van der Waals surface area contributed by atoms with Crippen LogP contribution >= 0.6 is 35.4 Å². The van der Waals surface area contributed by atoms with E-state index in [1.165, 1.54) is 14.2 Å². The molecule has 11 heteroatoms. The molecule has 2 N–H and O–H groups in total. The minimum atomic E-state index is -0.414. The molecule has 1 aliphatic rings. The molecular formula is C28H24Cl2N4O4S. The maximum atomic E-state index is 12.3. The molecule has 1 fully saturated rings. The Hall–Kier alpha value is -3.63. The van der Waals surface area contributed by atoms with Gasteiger partial charge in [-0.05, 0) is 72.9 Å². The Morgan fingerprint density at radius 3 is 2.69 bits per heavy atom. The van der Waals surface area contributed by atoms with Gasteiger partial charge in [0, 0.05) is 29.6 Å². The van der Waals surface area contributed by atoms with Gasteiger partial charge in [0.2, 0.25) is 5.91 Å². The van der Waals surface area contributed by atoms with Crippen molar-refractivity contribution in [2.75, 3.05) is 31.0 Å². The molecule has 1 amide bonds. The van der Waals surface area contributed by atoms with Crippen LogP contribution in [0.25, 0.3) is 11.3 Å². The van der Waals surface area contributed by atoms with Crippen LogP contribution in [0.4, 0.5) is 11.4 Å². The highest BCUT2D eigenvalue weighted by Crippen LogP contribution is 2.45. The van der Waals surface area contributed by atoms with Crippen LogP contribution in [0.2, 0.25) is 10.0 Å². The van der Waals surface area contributed by atoms with Crippen molar-refractivity contribution >= 4 is 57.8 Å². The number of hydrogen-bond acceptors (Lipinski definition) is 6. The Bertz CT molecular complexity index is 1510. The minimum Gasteiger partial charge on any atom is -0.495 e. The van der Waals surface area contributed by atoms with Crippen molar-refractivity contribution in [1.29, 1.82) is 0 Å². The number of anilines is 2. The predicted octanol–water partition coefficient (Wildman–Crippen LogP) is 6.42. The number of amides is 1. The summed E-state index contributed by atoms with van der Waals surface area (Å²) in [7, 11) is 2.99. The van der Waals surface area contributed by atoms with E-state index in [1.807, 2.05) is 47.4 Å². The number of rotatable bonds is 8. The van der Waals surface area contributed by atoms with Gasteiger partial charge in [-0.3, -0.25) is 9.78 Å². The second kappa shape index (κ2) is 11.6. The van der Waals surface area contributed by atoms with E-state index in [1.54, 1.807) is 30.5 Å². The van der Waals surface area contributed by atoms with Gasteiger partial charge in [0.05, 0.1) is 29.6 Å². The fraction of sp³-hybridized carbons (Fsp3) is 0.179. The predicted molar refractivity (Wildman–Crippen MR) is 156 cm³/mol. The number of pyridine rings is 1. The monoisotopic (exact) mass is 582 g/mol. The zero-order valence-corrected chi connectivity index (χ0v) is 23.3. The molecule has 1 aliphatic heterocycles. The third-order valence-electron chi connectivity index (χ3n) is 6.22. The number of aromatic nitrogens is 1. The van der Waals surface area contributed by atoms with Crippen molar-refractivity contribution in [3.05, 3.63) is 94.4 Å². The summed E-state index contributed by atoms with van der Waals surface area (Å²) in [6, 6.07) is 19.4. The topological polar surface area (TPSA) is 88.9 Å². The third-order valence-corrected chi connectivity index (χ3v) is 7.09. The molecule has 0 bridgehead atoms. The Balaban J connectivity index is 1.59. The maximum absolute atomic E-state index is 12.3. The van der Waals surface area contributed by atoms with Gasteiger partial charge in [0.25, 0.3) is 0 Å². The highest BCUT2D eigenvalue weighted by Gasteiger charge is 2.43. The molecule has 0 aliphatic carbocycles. The number of nitrogens with zero attached hydrogens (tertiary/aromatic N) is 2. The van der Waals surface area contributed by atoms with Gasteiger partial charge in [-0.25, -0.2) is 0 Å². The Kier molecular flexibility index (Phi) is 8.04. The van der Waals surface area contributed by atoms with E-state index in [4.69, 9.17) is 49.3 Å². The molecule has 1 saturated heterocycles. The van der Waals surface area contributed by atoms with Crippen LogP contribution < -0.4 is 20.3 Å². The van der Waals surface area contributed by atoms with E-state index in [-0.39, 0.29) is 18.6 Å². The van der Waals surface area contributed by atoms with Gasteiger partial charge in [0.15, 0.2) is 5.11 Å². The fourth-order valence-corrected chi connectivity index (χ4v) is 5.38. The summed E-state index contributed by atoms with van der Waals surface area (Å²) in [6.07, 6.45) is 1.73. The van der Waals surface area contributed by atoms with Crippen molar-refractivity contribution in [1.82, 2.24) is 10.3 Å². The number of hydrogen-bond donors (Lipinski definition) is 2. The number of carbonyl (C=O) groups excluding carboxylic acids is 1. The minimum absolute atomic E-state index is 0.0934. The van der Waals surface area contributed by atoms with E-state index in [0.717, 1.165) is 11.3 Å². The SMILES string of the molecule is COCC(=O)Nc1cc(N2C(=S)N[C@H](c3ccccn3)[C@@H]2c2ccc(-c3ccc(Cl)cc3Cl)o2)ccc1OC. The van der Waals surface area contributed by atoms with Crippen LogP contribution in [0, 0.1) is 0 Å². The molecule has 4 aromatic rings. The number of furan rings is 1. The number of thiocarbonyl (C=S) groups is 1. The van der Waals surface area contributed by atoms with Gasteiger partial charge in [-0.1, -0.05) is 29.3 Å². The maximum Gasteiger partial charge on any atom is 0.250 e. The molecule has 0 unspecified atom stereocenters. The number of carbonyl (C=O) groups is 1. The van der Waals surface area contributed by atoms with Gasteiger partial charge in [-0.15, -0.1) is 0 Å². The standard InChI is InChI=1S/C28H24Cl2N4O4S/c1-36-15-25(35)32-21-14-17(7-9-23(21)37-2)34-27(26(33-28(34)39)20-5-3-4-12-31-20)24-11-10-22(38-24)18-8-6-16(29)13-19(18)30/h3-14,26-27H,15H2,1-2H3,(H,32,35)(H,33,39)/t26-,27+/m1/s1. The van der Waals surface area contributed by atoms with Crippen molar-refractivity contribution in [2.45, 2.75) is 12.1 Å². The summed E-state index contributed by atoms with van der Waals surface area (Å²) in [5.41, 5.74) is 2.70. The lowest BCUT2D eigenvalue weighted by Gasteiger charge is -2.27. The molecule has 3 heterocycles. The summed E-state index contributed by atoms with van der Waals surface area (Å²) < 4.78 is 16.8. The number of halogens is 2. The van der Waals surface area contributed by atoms with Crippen LogP contribution in [-0.2, 0) is 9.53 Å². The Morgan fingerprint density at radius 2 is 1.97 bits per heavy atom. The molecule has 2 atom stereocenters. The molecule has 2 aromatic heterocycles. The quantitative estimate of drug-likeness (QED) is 0.230. The second-order valence-corrected chi connectivity index (χ2v) is 9.92. The number of benzene rings is 2. The summed E-state index contributed by atoms with van der Waals surface area (Å²) >= 11 is 18.4. The smallest absolute Gasteiger partial charge is 0.250 e. The van der Waals surface area contributed by atoms with E-state index in [0.29, 0.717) is 43.8 Å². The van der Waals surface area contributed by atoms with Crippen LogP contribution in [0.5, 0.6) is 5.75 Å². The largest absolute Gasteiger partial charge is 0.495 e. The van der Waals surface area contributed by atoms with Gasteiger partial charge >= 0.3 is 0 Å². The molecule has 8 nitrogen and oxygen atoms in total. The highest BCUT2D eigenvalue weighted by molar-refractivity contribution is 7.80. The lowest BCUT2D eigenvalue weighted by atomic mass is 10.0. The first-order chi connectivity index (χ1) is 18.9. The number of methoxy groups -OCH3 is 2. The van der Waals surface area contributed by atoms with Gasteiger partial charge in [-0.2, -0.15) is 0 Å². The average Bonchev–Trinajstić information content (AvgIpc) is 3.54. The van der Waals surface area contributed by atoms with Crippen molar-refractivity contribution < 1.29 is 18.7 Å². The lowest BCUT2D eigenvalue weighted by molar-refractivity contribution is -0.119. The zero-order chi connectivity index (χ0) is 27.5. The lowest BCUT2D eigenvalue weighted by Crippen LogP contribution is -2.29. The second-order valence-electron chi connectivity index (χ2n) is 8.69. The molecule has 0 spiro atoms. The van der Waals surface area contributed by atoms with Crippen LogP contribution in [0.1, 0.15) is 23.5 Å². The first-order valence-corrected chi connectivity index (χ1v) is 13.1. The zero-order valence-electron chi connectivity index (χ0n) is 21.0. The van der Waals surface area contributed by atoms with Crippen molar-refractivity contribution in [3.63, 3.8) is 0 Å². The van der Waals surface area contributed by atoms with Gasteiger partial charge < -0.3 is 29.4 Å². The molecule has 200 valence electrons. The Labute approximate surface area is 240 Å². The highest BCUT2D eigenvalue weighted by atomic mass is 35.5. The molecule has 2 aromatic carbocycles. The number of nitrogens with one attached hydrogen (secondary N) is 2. The molecule has 0 saturated carbocycles. The molecule has 0 radical (unpaired) electrons. The van der Waals surface area contributed by atoms with E-state index < -0.39 is 6.04 Å². The van der Waals surface area contributed by atoms with Crippen LogP contribution in [0.3, 0.4) is 0 Å².